The molecule has 0 spiro atoms. The number of piperidine rings is 1. The number of thiazole rings is 1. The number of fused-ring (bicyclic) bond motifs is 1. The molecule has 0 N–H and O–H groups in total. The number of carbonyl (C=O) groups excluding carboxylic acids is 1. The second kappa shape index (κ2) is 9.79. The number of sulfonamides is 1. The molecule has 7 nitrogen and oxygen atoms in total. The molecule has 1 saturated heterocycles. The van der Waals surface area contributed by atoms with Gasteiger partial charge in [0.2, 0.25) is 10.0 Å². The Morgan fingerprint density at radius 3 is 2.45 bits per heavy atom. The van der Waals surface area contributed by atoms with E-state index in [1.54, 1.807) is 12.1 Å². The SMILES string of the molecule is CCOc1ccc2c(c1)sc(=NC(=O)c1ccc(S(=O)(=O)N3CCC(C)CC3)cc1)n2CC. The van der Waals surface area contributed by atoms with Crippen LogP contribution in [0.3, 0.4) is 0 Å². The highest BCUT2D eigenvalue weighted by Gasteiger charge is 2.28. The summed E-state index contributed by atoms with van der Waals surface area (Å²) in [4.78, 5) is 18.0. The average Bonchev–Trinajstić information content (AvgIpc) is 3.15. The van der Waals surface area contributed by atoms with E-state index in [0.29, 0.717) is 42.5 Å². The van der Waals surface area contributed by atoms with Crippen LogP contribution in [0, 0.1) is 5.92 Å². The van der Waals surface area contributed by atoms with Gasteiger partial charge >= 0.3 is 0 Å². The molecule has 0 bridgehead atoms. The van der Waals surface area contributed by atoms with Crippen molar-refractivity contribution in [2.75, 3.05) is 19.7 Å². The van der Waals surface area contributed by atoms with Crippen molar-refractivity contribution < 1.29 is 17.9 Å². The quantitative estimate of drug-likeness (QED) is 0.520. The maximum atomic E-state index is 12.9. The van der Waals surface area contributed by atoms with Crippen LogP contribution in [0.2, 0.25) is 0 Å². The summed E-state index contributed by atoms with van der Waals surface area (Å²) in [6.07, 6.45) is 1.74. The number of nitrogens with zero attached hydrogens (tertiary/aromatic N) is 3. The van der Waals surface area contributed by atoms with E-state index in [2.05, 4.69) is 11.9 Å². The number of amides is 1. The van der Waals surface area contributed by atoms with Crippen molar-refractivity contribution in [1.29, 1.82) is 0 Å². The van der Waals surface area contributed by atoms with Crippen molar-refractivity contribution in [2.45, 2.75) is 45.1 Å². The van der Waals surface area contributed by atoms with E-state index in [0.717, 1.165) is 28.8 Å². The molecular weight excluding hydrogens is 458 g/mol. The van der Waals surface area contributed by atoms with Crippen LogP contribution in [0.5, 0.6) is 5.75 Å². The Morgan fingerprint density at radius 1 is 1.12 bits per heavy atom. The highest BCUT2D eigenvalue weighted by molar-refractivity contribution is 7.89. The molecule has 1 aliphatic rings. The smallest absolute Gasteiger partial charge is 0.279 e. The Bertz CT molecular complexity index is 1320. The van der Waals surface area contributed by atoms with Gasteiger partial charge in [-0.05, 0) is 75.1 Å². The zero-order valence-electron chi connectivity index (χ0n) is 19.2. The Kier molecular flexibility index (Phi) is 7.02. The van der Waals surface area contributed by atoms with Crippen LogP contribution in [0.15, 0.2) is 52.4 Å². The highest BCUT2D eigenvalue weighted by Crippen LogP contribution is 2.25. The lowest BCUT2D eigenvalue weighted by atomic mass is 10.0. The molecular formula is C24H29N3O4S2. The zero-order valence-corrected chi connectivity index (χ0v) is 20.8. The first kappa shape index (κ1) is 23.7. The van der Waals surface area contributed by atoms with Gasteiger partial charge in [-0.3, -0.25) is 4.79 Å². The lowest BCUT2D eigenvalue weighted by Crippen LogP contribution is -2.37. The lowest BCUT2D eigenvalue weighted by molar-refractivity contribution is 0.0997. The Hall–Kier alpha value is -2.49. The predicted molar refractivity (Wildman–Crippen MR) is 130 cm³/mol. The molecule has 1 aliphatic heterocycles. The number of aryl methyl sites for hydroxylation is 1. The van der Waals surface area contributed by atoms with E-state index in [1.165, 1.54) is 27.8 Å². The fourth-order valence-corrected chi connectivity index (χ4v) is 6.59. The summed E-state index contributed by atoms with van der Waals surface area (Å²) >= 11 is 1.43. The fourth-order valence-electron chi connectivity index (χ4n) is 4.00. The van der Waals surface area contributed by atoms with Crippen molar-refractivity contribution in [3.8, 4) is 5.75 Å². The third kappa shape index (κ3) is 4.90. The van der Waals surface area contributed by atoms with Crippen LogP contribution in [0.25, 0.3) is 10.2 Å². The van der Waals surface area contributed by atoms with Crippen LogP contribution >= 0.6 is 11.3 Å². The average molecular weight is 488 g/mol. The minimum absolute atomic E-state index is 0.211. The molecule has 0 aliphatic carbocycles. The summed E-state index contributed by atoms with van der Waals surface area (Å²) < 4.78 is 36.0. The molecule has 1 fully saturated rings. The maximum Gasteiger partial charge on any atom is 0.279 e. The summed E-state index contributed by atoms with van der Waals surface area (Å²) in [5.41, 5.74) is 1.35. The first-order valence-corrected chi connectivity index (χ1v) is 13.5. The van der Waals surface area contributed by atoms with Crippen molar-refractivity contribution >= 4 is 37.5 Å². The van der Waals surface area contributed by atoms with E-state index >= 15 is 0 Å². The van der Waals surface area contributed by atoms with E-state index < -0.39 is 15.9 Å². The van der Waals surface area contributed by atoms with Crippen molar-refractivity contribution in [3.05, 3.63) is 52.8 Å². The van der Waals surface area contributed by atoms with E-state index in [9.17, 15) is 13.2 Å². The molecule has 0 radical (unpaired) electrons. The van der Waals surface area contributed by atoms with Crippen LogP contribution in [0.4, 0.5) is 0 Å². The monoisotopic (exact) mass is 487 g/mol. The molecule has 0 atom stereocenters. The zero-order chi connectivity index (χ0) is 23.6. The summed E-state index contributed by atoms with van der Waals surface area (Å²) in [5, 5.41) is 0. The first-order chi connectivity index (χ1) is 15.8. The normalized spacial score (nSPS) is 16.4. The maximum absolute atomic E-state index is 12.9. The number of hydrogen-bond donors (Lipinski definition) is 0. The molecule has 0 unspecified atom stereocenters. The van der Waals surface area contributed by atoms with Crippen molar-refractivity contribution in [3.63, 3.8) is 0 Å². The predicted octanol–water partition coefficient (Wildman–Crippen LogP) is 4.28. The molecule has 176 valence electrons. The van der Waals surface area contributed by atoms with Gasteiger partial charge in [-0.15, -0.1) is 0 Å². The molecule has 2 heterocycles. The number of benzene rings is 2. The van der Waals surface area contributed by atoms with Crippen LogP contribution < -0.4 is 9.54 Å². The second-order valence-electron chi connectivity index (χ2n) is 8.22. The number of ether oxygens (including phenoxy) is 1. The minimum atomic E-state index is -3.55. The Morgan fingerprint density at radius 2 is 1.82 bits per heavy atom. The standard InChI is InChI=1S/C24H29N3O4S2/c1-4-27-21-11-8-19(31-5-2)16-22(21)32-24(27)25-23(28)18-6-9-20(10-7-18)33(29,30)26-14-12-17(3)13-15-26/h6-11,16-17H,4-5,12-15H2,1-3H3. The summed E-state index contributed by atoms with van der Waals surface area (Å²) in [5.74, 6) is 0.931. The van der Waals surface area contributed by atoms with Gasteiger partial charge in [0.15, 0.2) is 4.80 Å². The largest absolute Gasteiger partial charge is 0.494 e. The molecule has 4 rings (SSSR count). The van der Waals surface area contributed by atoms with Gasteiger partial charge in [0.05, 0.1) is 21.7 Å². The minimum Gasteiger partial charge on any atom is -0.494 e. The van der Waals surface area contributed by atoms with Crippen LogP contribution in [-0.4, -0.2) is 42.9 Å². The number of aromatic nitrogens is 1. The van der Waals surface area contributed by atoms with Gasteiger partial charge < -0.3 is 9.30 Å². The second-order valence-corrected chi connectivity index (χ2v) is 11.2. The first-order valence-electron chi connectivity index (χ1n) is 11.3. The number of rotatable bonds is 6. The highest BCUT2D eigenvalue weighted by atomic mass is 32.2. The summed E-state index contributed by atoms with van der Waals surface area (Å²) in [7, 11) is -3.55. The molecule has 9 heteroatoms. The lowest BCUT2D eigenvalue weighted by Gasteiger charge is -2.29. The van der Waals surface area contributed by atoms with Crippen LogP contribution in [0.1, 0.15) is 44.0 Å². The van der Waals surface area contributed by atoms with Gasteiger partial charge in [-0.2, -0.15) is 9.30 Å². The molecule has 1 amide bonds. The van der Waals surface area contributed by atoms with Gasteiger partial charge in [0.1, 0.15) is 5.75 Å². The van der Waals surface area contributed by atoms with Crippen LogP contribution in [-0.2, 0) is 16.6 Å². The van der Waals surface area contributed by atoms with Gasteiger partial charge in [-0.1, -0.05) is 18.3 Å². The molecule has 1 aromatic heterocycles. The third-order valence-corrected chi connectivity index (χ3v) is 8.91. The Labute approximate surface area is 198 Å². The van der Waals surface area contributed by atoms with E-state index in [1.807, 2.05) is 36.6 Å². The van der Waals surface area contributed by atoms with E-state index in [-0.39, 0.29) is 4.90 Å². The fraction of sp³-hybridized carbons (Fsp3) is 0.417. The number of carbonyl (C=O) groups is 1. The molecule has 0 saturated carbocycles. The van der Waals surface area contributed by atoms with Crippen molar-refractivity contribution in [1.82, 2.24) is 8.87 Å². The van der Waals surface area contributed by atoms with Crippen molar-refractivity contribution in [2.24, 2.45) is 10.9 Å². The topological polar surface area (TPSA) is 81.0 Å². The molecule has 33 heavy (non-hydrogen) atoms. The third-order valence-electron chi connectivity index (χ3n) is 5.96. The van der Waals surface area contributed by atoms with Gasteiger partial charge in [0.25, 0.3) is 5.91 Å². The number of hydrogen-bond acceptors (Lipinski definition) is 5. The van der Waals surface area contributed by atoms with E-state index in [4.69, 9.17) is 4.74 Å². The summed E-state index contributed by atoms with van der Waals surface area (Å²) in [6.45, 7) is 8.42. The van der Waals surface area contributed by atoms with Gasteiger partial charge in [0, 0.05) is 25.2 Å². The summed E-state index contributed by atoms with van der Waals surface area (Å²) in [6, 6.07) is 11.9. The molecule has 2 aromatic carbocycles. The van der Waals surface area contributed by atoms with Gasteiger partial charge in [-0.25, -0.2) is 8.42 Å². The Balaban J connectivity index is 1.60. The molecule has 3 aromatic rings.